The summed E-state index contributed by atoms with van der Waals surface area (Å²) in [7, 11) is 0. The van der Waals surface area contributed by atoms with Crippen LogP contribution in [0.5, 0.6) is 0 Å². The molecular formula is C9H12N4S3. The van der Waals surface area contributed by atoms with E-state index in [0.717, 1.165) is 32.9 Å². The van der Waals surface area contributed by atoms with Gasteiger partial charge in [0.1, 0.15) is 5.01 Å². The van der Waals surface area contributed by atoms with Crippen LogP contribution in [0.15, 0.2) is 0 Å². The Kier molecular flexibility index (Phi) is 3.78. The number of aromatic amines is 2. The molecule has 2 aromatic rings. The molecule has 2 rings (SSSR count). The molecule has 2 aromatic heterocycles. The lowest BCUT2D eigenvalue weighted by Gasteiger charge is -1.90. The summed E-state index contributed by atoms with van der Waals surface area (Å²) in [5, 5.41) is 6.89. The lowest BCUT2D eigenvalue weighted by Crippen LogP contribution is -1.81. The Bertz CT molecular complexity index is 525. The van der Waals surface area contributed by atoms with E-state index in [2.05, 4.69) is 27.1 Å². The van der Waals surface area contributed by atoms with E-state index >= 15 is 0 Å². The summed E-state index contributed by atoms with van der Waals surface area (Å²) in [5.41, 5.74) is 1.01. The Morgan fingerprint density at radius 1 is 1.38 bits per heavy atom. The zero-order valence-electron chi connectivity index (χ0n) is 9.03. The summed E-state index contributed by atoms with van der Waals surface area (Å²) >= 11 is 8.48. The van der Waals surface area contributed by atoms with Gasteiger partial charge in [0.15, 0.2) is 5.82 Å². The van der Waals surface area contributed by atoms with Crippen LogP contribution in [0.25, 0.3) is 10.7 Å². The third-order valence-corrected chi connectivity index (χ3v) is 4.41. The van der Waals surface area contributed by atoms with Gasteiger partial charge in [0.05, 0.1) is 10.6 Å². The van der Waals surface area contributed by atoms with Crippen LogP contribution < -0.4 is 0 Å². The SMILES string of the molecule is CCSCc1nc(C)c(-c2nc(=S)[nH][nH]2)s1. The number of nitrogens with zero attached hydrogens (tertiary/aromatic N) is 2. The molecule has 0 atom stereocenters. The van der Waals surface area contributed by atoms with Crippen molar-refractivity contribution in [2.24, 2.45) is 0 Å². The first-order valence-electron chi connectivity index (χ1n) is 4.89. The van der Waals surface area contributed by atoms with Gasteiger partial charge < -0.3 is 0 Å². The van der Waals surface area contributed by atoms with E-state index in [1.165, 1.54) is 0 Å². The zero-order valence-corrected chi connectivity index (χ0v) is 11.5. The topological polar surface area (TPSA) is 57.4 Å². The van der Waals surface area contributed by atoms with Crippen molar-refractivity contribution in [1.29, 1.82) is 0 Å². The summed E-state index contributed by atoms with van der Waals surface area (Å²) in [4.78, 5) is 9.79. The lowest BCUT2D eigenvalue weighted by atomic mass is 10.4. The van der Waals surface area contributed by atoms with E-state index in [-0.39, 0.29) is 0 Å². The molecule has 0 spiro atoms. The van der Waals surface area contributed by atoms with Crippen molar-refractivity contribution in [2.75, 3.05) is 5.75 Å². The average molecular weight is 272 g/mol. The van der Waals surface area contributed by atoms with Gasteiger partial charge in [0.25, 0.3) is 0 Å². The van der Waals surface area contributed by atoms with Crippen LogP contribution in [0.2, 0.25) is 0 Å². The molecule has 4 nitrogen and oxygen atoms in total. The molecule has 0 unspecified atom stereocenters. The predicted molar refractivity (Wildman–Crippen MR) is 71.5 cm³/mol. The van der Waals surface area contributed by atoms with E-state index in [9.17, 15) is 0 Å². The quantitative estimate of drug-likeness (QED) is 0.839. The van der Waals surface area contributed by atoms with Crippen LogP contribution in [0, 0.1) is 11.7 Å². The van der Waals surface area contributed by atoms with Crippen molar-refractivity contribution in [1.82, 2.24) is 20.2 Å². The number of thioether (sulfide) groups is 1. The number of hydrogen-bond donors (Lipinski definition) is 2. The third kappa shape index (κ3) is 2.53. The van der Waals surface area contributed by atoms with Gasteiger partial charge >= 0.3 is 0 Å². The second-order valence-corrected chi connectivity index (χ2v) is 5.92. The molecule has 16 heavy (non-hydrogen) atoms. The standard InChI is InChI=1S/C9H12N4S3/c1-3-15-4-6-10-5(2)7(16-6)8-11-9(14)13-12-8/h3-4H2,1-2H3,(H2,11,12,13,14). The number of nitrogens with one attached hydrogen (secondary N) is 2. The van der Waals surface area contributed by atoms with Crippen molar-refractivity contribution in [3.8, 4) is 10.7 Å². The smallest absolute Gasteiger partial charge is 0.213 e. The van der Waals surface area contributed by atoms with Crippen molar-refractivity contribution in [2.45, 2.75) is 19.6 Å². The summed E-state index contributed by atoms with van der Waals surface area (Å²) in [6.45, 7) is 4.15. The Morgan fingerprint density at radius 3 is 2.81 bits per heavy atom. The molecule has 0 aliphatic heterocycles. The molecule has 7 heteroatoms. The highest BCUT2D eigenvalue weighted by Crippen LogP contribution is 2.28. The Balaban J connectivity index is 2.28. The Hall–Kier alpha value is -0.660. The molecule has 0 aliphatic rings. The highest BCUT2D eigenvalue weighted by atomic mass is 32.2. The van der Waals surface area contributed by atoms with E-state index in [1.54, 1.807) is 11.3 Å². The van der Waals surface area contributed by atoms with Crippen molar-refractivity contribution in [3.05, 3.63) is 15.5 Å². The number of thiazole rings is 1. The second kappa shape index (κ2) is 5.11. The van der Waals surface area contributed by atoms with E-state index in [1.807, 2.05) is 18.7 Å². The molecule has 0 radical (unpaired) electrons. The second-order valence-electron chi connectivity index (χ2n) is 3.17. The fraction of sp³-hybridized carbons (Fsp3) is 0.444. The first-order chi connectivity index (χ1) is 7.70. The number of rotatable bonds is 4. The van der Waals surface area contributed by atoms with Crippen LogP contribution >= 0.6 is 35.3 Å². The molecule has 0 bridgehead atoms. The lowest BCUT2D eigenvalue weighted by molar-refractivity contribution is 1.08. The van der Waals surface area contributed by atoms with E-state index in [0.29, 0.717) is 4.77 Å². The first-order valence-corrected chi connectivity index (χ1v) is 7.27. The van der Waals surface area contributed by atoms with Crippen LogP contribution in [-0.2, 0) is 5.75 Å². The maximum Gasteiger partial charge on any atom is 0.213 e. The summed E-state index contributed by atoms with van der Waals surface area (Å²) in [6.07, 6.45) is 0. The minimum atomic E-state index is 0.479. The van der Waals surface area contributed by atoms with Gasteiger partial charge in [0, 0.05) is 5.75 Å². The molecule has 2 heterocycles. The molecule has 0 saturated heterocycles. The normalized spacial score (nSPS) is 10.9. The summed E-state index contributed by atoms with van der Waals surface area (Å²) in [6, 6.07) is 0. The van der Waals surface area contributed by atoms with Crippen LogP contribution in [0.1, 0.15) is 17.6 Å². The maximum absolute atomic E-state index is 4.94. The van der Waals surface area contributed by atoms with Gasteiger partial charge in [-0.25, -0.2) is 4.98 Å². The third-order valence-electron chi connectivity index (χ3n) is 1.99. The molecule has 0 aliphatic carbocycles. The largest absolute Gasteiger partial charge is 0.281 e. The Morgan fingerprint density at radius 2 is 2.19 bits per heavy atom. The fourth-order valence-corrected chi connectivity index (χ4v) is 3.18. The van der Waals surface area contributed by atoms with Gasteiger partial charge in [0.2, 0.25) is 4.77 Å². The predicted octanol–water partition coefficient (Wildman–Crippen LogP) is 3.15. The van der Waals surface area contributed by atoms with Gasteiger partial charge in [-0.1, -0.05) is 6.92 Å². The maximum atomic E-state index is 4.94. The average Bonchev–Trinajstić information content (AvgIpc) is 2.82. The van der Waals surface area contributed by atoms with E-state index < -0.39 is 0 Å². The van der Waals surface area contributed by atoms with Crippen molar-refractivity contribution < 1.29 is 0 Å². The molecule has 0 fully saturated rings. The van der Waals surface area contributed by atoms with Gasteiger partial charge in [-0.3, -0.25) is 10.2 Å². The zero-order chi connectivity index (χ0) is 11.5. The molecular weight excluding hydrogens is 260 g/mol. The molecule has 0 aromatic carbocycles. The monoisotopic (exact) mass is 272 g/mol. The Labute approximate surface area is 107 Å². The highest BCUT2D eigenvalue weighted by molar-refractivity contribution is 7.98. The number of H-pyrrole nitrogens is 2. The fourth-order valence-electron chi connectivity index (χ4n) is 1.30. The molecule has 86 valence electrons. The summed E-state index contributed by atoms with van der Waals surface area (Å²) < 4.78 is 0.479. The molecule has 2 N–H and O–H groups in total. The molecule has 0 amide bonds. The van der Waals surface area contributed by atoms with Crippen LogP contribution in [0.3, 0.4) is 0 Å². The van der Waals surface area contributed by atoms with Crippen LogP contribution in [0.4, 0.5) is 0 Å². The van der Waals surface area contributed by atoms with Gasteiger partial charge in [-0.05, 0) is 24.9 Å². The van der Waals surface area contributed by atoms with Gasteiger partial charge in [-0.15, -0.1) is 11.3 Å². The highest BCUT2D eigenvalue weighted by Gasteiger charge is 2.11. The number of aromatic nitrogens is 4. The van der Waals surface area contributed by atoms with E-state index in [4.69, 9.17) is 12.2 Å². The number of hydrogen-bond acceptors (Lipinski definition) is 5. The first kappa shape index (κ1) is 11.8. The minimum absolute atomic E-state index is 0.479. The van der Waals surface area contributed by atoms with Gasteiger partial charge in [-0.2, -0.15) is 16.7 Å². The van der Waals surface area contributed by atoms with Crippen molar-refractivity contribution >= 4 is 35.3 Å². The van der Waals surface area contributed by atoms with Crippen LogP contribution in [-0.4, -0.2) is 25.9 Å². The minimum Gasteiger partial charge on any atom is -0.281 e. The molecule has 0 saturated carbocycles. The number of aryl methyl sites for hydroxylation is 1. The van der Waals surface area contributed by atoms with Crippen molar-refractivity contribution in [3.63, 3.8) is 0 Å². The summed E-state index contributed by atoms with van der Waals surface area (Å²) in [5.74, 6) is 2.86.